The number of benzene rings is 2. The number of rotatable bonds is 6. The highest BCUT2D eigenvalue weighted by Crippen LogP contribution is 2.16. The molecule has 0 fully saturated rings. The van der Waals surface area contributed by atoms with Crippen LogP contribution in [0.4, 0.5) is 10.5 Å². The summed E-state index contributed by atoms with van der Waals surface area (Å²) < 4.78 is 10.1. The third kappa shape index (κ3) is 5.32. The molecular formula is C18H17NO4. The summed E-state index contributed by atoms with van der Waals surface area (Å²) in [6, 6.07) is 16.4. The van der Waals surface area contributed by atoms with Crippen molar-refractivity contribution in [1.29, 1.82) is 0 Å². The molecule has 5 heteroatoms. The molecule has 118 valence electrons. The number of nitrogens with one attached hydrogen (secondary N) is 1. The first-order valence-corrected chi connectivity index (χ1v) is 7.04. The second-order valence-electron chi connectivity index (χ2n) is 4.66. The van der Waals surface area contributed by atoms with Crippen molar-refractivity contribution in [3.63, 3.8) is 0 Å². The van der Waals surface area contributed by atoms with Crippen molar-refractivity contribution in [3.05, 3.63) is 78.4 Å². The molecule has 0 aromatic heterocycles. The Morgan fingerprint density at radius 2 is 1.65 bits per heavy atom. The van der Waals surface area contributed by atoms with Crippen molar-refractivity contribution < 1.29 is 19.1 Å². The van der Waals surface area contributed by atoms with Crippen LogP contribution in [0.25, 0.3) is 0 Å². The van der Waals surface area contributed by atoms with Crippen molar-refractivity contribution in [1.82, 2.24) is 0 Å². The van der Waals surface area contributed by atoms with Gasteiger partial charge in [-0.25, -0.2) is 9.59 Å². The molecule has 1 N–H and O–H groups in total. The van der Waals surface area contributed by atoms with Crippen LogP contribution < -0.4 is 5.32 Å². The van der Waals surface area contributed by atoms with E-state index >= 15 is 0 Å². The lowest BCUT2D eigenvalue weighted by Crippen LogP contribution is -2.15. The average molecular weight is 311 g/mol. The summed E-state index contributed by atoms with van der Waals surface area (Å²) >= 11 is 0. The Labute approximate surface area is 134 Å². The topological polar surface area (TPSA) is 64.6 Å². The molecule has 0 saturated heterocycles. The number of carbonyl (C=O) groups excluding carboxylic acids is 2. The van der Waals surface area contributed by atoms with E-state index in [1.165, 1.54) is 0 Å². The fourth-order valence-electron chi connectivity index (χ4n) is 1.85. The van der Waals surface area contributed by atoms with E-state index in [9.17, 15) is 9.59 Å². The summed E-state index contributed by atoms with van der Waals surface area (Å²) in [5, 5.41) is 2.64. The third-order valence-electron chi connectivity index (χ3n) is 3.00. The minimum Gasteiger partial charge on any atom is -0.458 e. The van der Waals surface area contributed by atoms with E-state index in [0.29, 0.717) is 11.3 Å². The number of para-hydroxylation sites is 1. The van der Waals surface area contributed by atoms with Crippen molar-refractivity contribution in [2.45, 2.75) is 13.2 Å². The maximum Gasteiger partial charge on any atom is 0.411 e. The lowest BCUT2D eigenvalue weighted by Gasteiger charge is -2.11. The monoisotopic (exact) mass is 311 g/mol. The van der Waals surface area contributed by atoms with Gasteiger partial charge in [0.25, 0.3) is 0 Å². The standard InChI is InChI=1S/C18H17NO4/c1-2-17(20)22-13-15-10-6-7-11-16(15)19-18(21)23-12-14-8-4-3-5-9-14/h2-11H,1,12-13H2,(H,19,21). The van der Waals surface area contributed by atoms with Crippen molar-refractivity contribution in [2.75, 3.05) is 5.32 Å². The second kappa shape index (κ2) is 8.38. The highest BCUT2D eigenvalue weighted by atomic mass is 16.5. The Morgan fingerprint density at radius 1 is 0.957 bits per heavy atom. The van der Waals surface area contributed by atoms with Crippen LogP contribution in [-0.2, 0) is 27.5 Å². The molecule has 0 unspecified atom stereocenters. The summed E-state index contributed by atoms with van der Waals surface area (Å²) in [5.41, 5.74) is 2.10. The Hall–Kier alpha value is -3.08. The molecule has 0 aliphatic heterocycles. The highest BCUT2D eigenvalue weighted by Gasteiger charge is 2.09. The van der Waals surface area contributed by atoms with Crippen LogP contribution in [0.2, 0.25) is 0 Å². The van der Waals surface area contributed by atoms with Gasteiger partial charge < -0.3 is 9.47 Å². The predicted molar refractivity (Wildman–Crippen MR) is 86.7 cm³/mol. The molecule has 0 spiro atoms. The maximum absolute atomic E-state index is 11.9. The summed E-state index contributed by atoms with van der Waals surface area (Å²) in [6.07, 6.45) is 0.515. The van der Waals surface area contributed by atoms with E-state index < -0.39 is 12.1 Å². The first-order chi connectivity index (χ1) is 11.2. The number of hydrogen-bond acceptors (Lipinski definition) is 4. The first kappa shape index (κ1) is 16.3. The zero-order chi connectivity index (χ0) is 16.5. The fourth-order valence-corrected chi connectivity index (χ4v) is 1.85. The molecule has 5 nitrogen and oxygen atoms in total. The quantitative estimate of drug-likeness (QED) is 0.653. The normalized spacial score (nSPS) is 9.74. The first-order valence-electron chi connectivity index (χ1n) is 7.04. The number of ether oxygens (including phenoxy) is 2. The van der Waals surface area contributed by atoms with E-state index in [1.54, 1.807) is 24.3 Å². The molecule has 0 bridgehead atoms. The molecule has 0 saturated carbocycles. The lowest BCUT2D eigenvalue weighted by atomic mass is 10.2. The van der Waals surface area contributed by atoms with Gasteiger partial charge >= 0.3 is 12.1 Å². The number of esters is 1. The zero-order valence-electron chi connectivity index (χ0n) is 12.5. The van der Waals surface area contributed by atoms with Crippen LogP contribution in [0.3, 0.4) is 0 Å². The maximum atomic E-state index is 11.9. The largest absolute Gasteiger partial charge is 0.458 e. The third-order valence-corrected chi connectivity index (χ3v) is 3.00. The smallest absolute Gasteiger partial charge is 0.411 e. The second-order valence-corrected chi connectivity index (χ2v) is 4.66. The summed E-state index contributed by atoms with van der Waals surface area (Å²) in [7, 11) is 0. The number of anilines is 1. The molecule has 2 aromatic carbocycles. The van der Waals surface area contributed by atoms with E-state index in [0.717, 1.165) is 11.6 Å². The zero-order valence-corrected chi connectivity index (χ0v) is 12.5. The van der Waals surface area contributed by atoms with Gasteiger partial charge in [-0.05, 0) is 11.6 Å². The highest BCUT2D eigenvalue weighted by molar-refractivity contribution is 5.86. The molecule has 1 amide bonds. The lowest BCUT2D eigenvalue weighted by molar-refractivity contribution is -0.138. The molecule has 2 rings (SSSR count). The molecule has 0 aliphatic rings. The van der Waals surface area contributed by atoms with Gasteiger partial charge in [-0.1, -0.05) is 55.1 Å². The minimum atomic E-state index is -0.573. The molecule has 0 radical (unpaired) electrons. The van der Waals surface area contributed by atoms with Crippen LogP contribution in [-0.4, -0.2) is 12.1 Å². The van der Waals surface area contributed by atoms with Crippen LogP contribution in [0.5, 0.6) is 0 Å². The minimum absolute atomic E-state index is 0.0417. The molecule has 0 aliphatic carbocycles. The van der Waals surface area contributed by atoms with E-state index in [1.807, 2.05) is 30.3 Å². The van der Waals surface area contributed by atoms with Gasteiger partial charge in [0.1, 0.15) is 13.2 Å². The van der Waals surface area contributed by atoms with Gasteiger partial charge in [0.05, 0.1) is 5.69 Å². The van der Waals surface area contributed by atoms with Gasteiger partial charge in [0, 0.05) is 11.6 Å². The molecule has 2 aromatic rings. The Morgan fingerprint density at radius 3 is 2.39 bits per heavy atom. The molecule has 23 heavy (non-hydrogen) atoms. The average Bonchev–Trinajstić information content (AvgIpc) is 2.60. The van der Waals surface area contributed by atoms with Gasteiger partial charge in [0.2, 0.25) is 0 Å². The van der Waals surface area contributed by atoms with E-state index in [-0.39, 0.29) is 13.2 Å². The Kier molecular flexibility index (Phi) is 5.94. The molecule has 0 heterocycles. The van der Waals surface area contributed by atoms with Crippen molar-refractivity contribution >= 4 is 17.7 Å². The summed E-state index contributed by atoms with van der Waals surface area (Å²) in [4.78, 5) is 23.0. The van der Waals surface area contributed by atoms with Crippen LogP contribution >= 0.6 is 0 Å². The molecule has 0 atom stereocenters. The SMILES string of the molecule is C=CC(=O)OCc1ccccc1NC(=O)OCc1ccccc1. The molecular weight excluding hydrogens is 294 g/mol. The fraction of sp³-hybridized carbons (Fsp3) is 0.111. The van der Waals surface area contributed by atoms with Crippen LogP contribution in [0.15, 0.2) is 67.3 Å². The number of amides is 1. The van der Waals surface area contributed by atoms with Gasteiger partial charge in [-0.3, -0.25) is 5.32 Å². The number of hydrogen-bond donors (Lipinski definition) is 1. The number of carbonyl (C=O) groups is 2. The summed E-state index contributed by atoms with van der Waals surface area (Å²) in [5.74, 6) is -0.522. The Bertz CT molecular complexity index is 682. The van der Waals surface area contributed by atoms with Crippen LogP contribution in [0.1, 0.15) is 11.1 Å². The Balaban J connectivity index is 1.92. The van der Waals surface area contributed by atoms with Crippen molar-refractivity contribution in [2.24, 2.45) is 0 Å². The van der Waals surface area contributed by atoms with Crippen molar-refractivity contribution in [3.8, 4) is 0 Å². The van der Waals surface area contributed by atoms with Crippen LogP contribution in [0, 0.1) is 0 Å². The van der Waals surface area contributed by atoms with E-state index in [2.05, 4.69) is 11.9 Å². The van der Waals surface area contributed by atoms with Gasteiger partial charge in [-0.2, -0.15) is 0 Å². The van der Waals surface area contributed by atoms with Gasteiger partial charge in [-0.15, -0.1) is 0 Å². The van der Waals surface area contributed by atoms with E-state index in [4.69, 9.17) is 9.47 Å². The summed E-state index contributed by atoms with van der Waals surface area (Å²) in [6.45, 7) is 3.56. The van der Waals surface area contributed by atoms with Gasteiger partial charge in [0.15, 0.2) is 0 Å². The predicted octanol–water partition coefficient (Wildman–Crippen LogP) is 3.66.